The Morgan fingerprint density at radius 1 is 0.812 bits per heavy atom. The van der Waals surface area contributed by atoms with Crippen molar-refractivity contribution < 1.29 is 4.79 Å². The van der Waals surface area contributed by atoms with Crippen molar-refractivity contribution in [3.05, 3.63) is 108 Å². The van der Waals surface area contributed by atoms with Crippen molar-refractivity contribution in [3.8, 4) is 22.5 Å². The van der Waals surface area contributed by atoms with E-state index in [1.54, 1.807) is 0 Å². The molecule has 160 valence electrons. The lowest BCUT2D eigenvalue weighted by atomic mass is 9.98. The lowest BCUT2D eigenvalue weighted by molar-refractivity contribution is 0.102. The SMILES string of the molecule is CN(C)CCc1c(NC(=O)c2ccccc2)cc(-c2ccccc2)nc1-c1ccccc1. The van der Waals surface area contributed by atoms with E-state index in [4.69, 9.17) is 4.98 Å². The Labute approximate surface area is 189 Å². The lowest BCUT2D eigenvalue weighted by Gasteiger charge is -2.19. The van der Waals surface area contributed by atoms with E-state index in [9.17, 15) is 4.79 Å². The van der Waals surface area contributed by atoms with Gasteiger partial charge in [-0.3, -0.25) is 4.79 Å². The topological polar surface area (TPSA) is 45.2 Å². The number of hydrogen-bond acceptors (Lipinski definition) is 3. The zero-order valence-corrected chi connectivity index (χ0v) is 18.5. The summed E-state index contributed by atoms with van der Waals surface area (Å²) in [4.78, 5) is 20.3. The van der Waals surface area contributed by atoms with Crippen molar-refractivity contribution in [2.75, 3.05) is 26.0 Å². The molecule has 0 aliphatic heterocycles. The minimum absolute atomic E-state index is 0.124. The highest BCUT2D eigenvalue weighted by Gasteiger charge is 2.18. The number of anilines is 1. The van der Waals surface area contributed by atoms with E-state index in [1.165, 1.54) is 0 Å². The molecule has 0 radical (unpaired) electrons. The summed E-state index contributed by atoms with van der Waals surface area (Å²) in [5.41, 5.74) is 6.25. The van der Waals surface area contributed by atoms with Gasteiger partial charge in [0.15, 0.2) is 0 Å². The first kappa shape index (κ1) is 21.5. The molecule has 0 aliphatic carbocycles. The number of aromatic nitrogens is 1. The second kappa shape index (κ2) is 10.0. The monoisotopic (exact) mass is 421 g/mol. The molecule has 0 aliphatic rings. The Morgan fingerprint density at radius 2 is 1.38 bits per heavy atom. The summed E-state index contributed by atoms with van der Waals surface area (Å²) < 4.78 is 0. The van der Waals surface area contributed by atoms with Gasteiger partial charge in [0.05, 0.1) is 11.4 Å². The fourth-order valence-electron chi connectivity index (χ4n) is 3.65. The first-order valence-electron chi connectivity index (χ1n) is 10.8. The average molecular weight is 422 g/mol. The quantitative estimate of drug-likeness (QED) is 0.412. The number of nitrogens with zero attached hydrogens (tertiary/aromatic N) is 2. The third kappa shape index (κ3) is 5.10. The van der Waals surface area contributed by atoms with Crippen molar-refractivity contribution in [1.29, 1.82) is 0 Å². The average Bonchev–Trinajstić information content (AvgIpc) is 2.84. The number of pyridine rings is 1. The molecule has 3 aromatic carbocycles. The van der Waals surface area contributed by atoms with Crippen LogP contribution in [0.25, 0.3) is 22.5 Å². The third-order valence-corrected chi connectivity index (χ3v) is 5.33. The fraction of sp³-hybridized carbons (Fsp3) is 0.143. The Hall–Kier alpha value is -3.76. The molecule has 0 spiro atoms. The van der Waals surface area contributed by atoms with E-state index >= 15 is 0 Å². The molecule has 32 heavy (non-hydrogen) atoms. The number of hydrogen-bond donors (Lipinski definition) is 1. The molecule has 1 N–H and O–H groups in total. The van der Waals surface area contributed by atoms with E-state index in [1.807, 2.05) is 84.9 Å². The van der Waals surface area contributed by atoms with Gasteiger partial charge < -0.3 is 10.2 Å². The Morgan fingerprint density at radius 3 is 1.97 bits per heavy atom. The maximum Gasteiger partial charge on any atom is 0.255 e. The number of benzene rings is 3. The van der Waals surface area contributed by atoms with Gasteiger partial charge in [0.2, 0.25) is 0 Å². The van der Waals surface area contributed by atoms with E-state index in [2.05, 4.69) is 36.4 Å². The molecule has 4 nitrogen and oxygen atoms in total. The van der Waals surface area contributed by atoms with Gasteiger partial charge in [-0.2, -0.15) is 0 Å². The smallest absolute Gasteiger partial charge is 0.255 e. The normalized spacial score (nSPS) is 10.8. The summed E-state index contributed by atoms with van der Waals surface area (Å²) in [7, 11) is 4.10. The lowest BCUT2D eigenvalue weighted by Crippen LogP contribution is -2.19. The molecule has 1 amide bonds. The number of carbonyl (C=O) groups excluding carboxylic acids is 1. The van der Waals surface area contributed by atoms with Crippen LogP contribution in [0, 0.1) is 0 Å². The highest BCUT2D eigenvalue weighted by atomic mass is 16.1. The molecule has 0 saturated carbocycles. The van der Waals surface area contributed by atoms with Crippen molar-refractivity contribution in [2.24, 2.45) is 0 Å². The first-order chi connectivity index (χ1) is 15.6. The number of amides is 1. The van der Waals surface area contributed by atoms with Crippen molar-refractivity contribution in [3.63, 3.8) is 0 Å². The van der Waals surface area contributed by atoms with Gasteiger partial charge in [-0.1, -0.05) is 78.9 Å². The Bertz CT molecular complexity index is 1170. The molecule has 0 atom stereocenters. The van der Waals surface area contributed by atoms with Crippen LogP contribution in [0.2, 0.25) is 0 Å². The fourth-order valence-corrected chi connectivity index (χ4v) is 3.65. The number of rotatable bonds is 7. The van der Waals surface area contributed by atoms with Gasteiger partial charge in [0, 0.05) is 34.5 Å². The molecule has 0 unspecified atom stereocenters. The van der Waals surface area contributed by atoms with Crippen LogP contribution >= 0.6 is 0 Å². The number of nitrogens with one attached hydrogen (secondary N) is 1. The molecule has 1 aromatic heterocycles. The Kier molecular flexibility index (Phi) is 6.73. The molecule has 0 saturated heterocycles. The zero-order valence-electron chi connectivity index (χ0n) is 18.5. The molecular formula is C28H27N3O. The molecule has 4 rings (SSSR count). The summed E-state index contributed by atoms with van der Waals surface area (Å²) in [6.45, 7) is 0.848. The van der Waals surface area contributed by atoms with Crippen LogP contribution in [-0.4, -0.2) is 36.4 Å². The summed E-state index contributed by atoms with van der Waals surface area (Å²) in [6, 6.07) is 31.6. The van der Waals surface area contributed by atoms with Crippen molar-refractivity contribution in [2.45, 2.75) is 6.42 Å². The minimum atomic E-state index is -0.124. The predicted molar refractivity (Wildman–Crippen MR) is 132 cm³/mol. The van der Waals surface area contributed by atoms with Gasteiger partial charge >= 0.3 is 0 Å². The van der Waals surface area contributed by atoms with E-state index < -0.39 is 0 Å². The number of carbonyl (C=O) groups is 1. The van der Waals surface area contributed by atoms with Crippen LogP contribution in [0.1, 0.15) is 15.9 Å². The van der Waals surface area contributed by atoms with Gasteiger partial charge in [-0.15, -0.1) is 0 Å². The standard InChI is InChI=1S/C28H27N3O/c1-31(2)19-18-24-26(30-28(32)23-16-10-5-11-17-23)20-25(21-12-6-3-7-13-21)29-27(24)22-14-8-4-9-15-22/h3-17,20H,18-19H2,1-2H3,(H,29,30,32). The second-order valence-corrected chi connectivity index (χ2v) is 7.99. The molecule has 4 heteroatoms. The summed E-state index contributed by atoms with van der Waals surface area (Å²) in [5, 5.41) is 3.17. The minimum Gasteiger partial charge on any atom is -0.322 e. The van der Waals surface area contributed by atoms with E-state index in [0.29, 0.717) is 5.56 Å². The molecule has 1 heterocycles. The second-order valence-electron chi connectivity index (χ2n) is 7.99. The highest BCUT2D eigenvalue weighted by molar-refractivity contribution is 6.05. The van der Waals surface area contributed by atoms with Crippen LogP contribution in [0.5, 0.6) is 0 Å². The van der Waals surface area contributed by atoms with Crippen molar-refractivity contribution in [1.82, 2.24) is 9.88 Å². The number of likely N-dealkylation sites (N-methyl/N-ethyl adjacent to an activating group) is 1. The predicted octanol–water partition coefficient (Wildman–Crippen LogP) is 5.77. The van der Waals surface area contributed by atoms with E-state index in [0.717, 1.165) is 46.7 Å². The molecule has 4 aromatic rings. The summed E-state index contributed by atoms with van der Waals surface area (Å²) >= 11 is 0. The third-order valence-electron chi connectivity index (χ3n) is 5.33. The molecular weight excluding hydrogens is 394 g/mol. The molecule has 0 fully saturated rings. The van der Waals surface area contributed by atoms with Gasteiger partial charge in [-0.05, 0) is 38.7 Å². The maximum absolute atomic E-state index is 13.1. The van der Waals surface area contributed by atoms with Crippen LogP contribution in [0.15, 0.2) is 97.1 Å². The van der Waals surface area contributed by atoms with Crippen LogP contribution in [0.4, 0.5) is 5.69 Å². The Balaban J connectivity index is 1.86. The van der Waals surface area contributed by atoms with Gasteiger partial charge in [0.1, 0.15) is 0 Å². The highest BCUT2D eigenvalue weighted by Crippen LogP contribution is 2.33. The van der Waals surface area contributed by atoms with Gasteiger partial charge in [-0.25, -0.2) is 4.98 Å². The summed E-state index contributed by atoms with van der Waals surface area (Å²) in [5.74, 6) is -0.124. The molecule has 0 bridgehead atoms. The van der Waals surface area contributed by atoms with Crippen molar-refractivity contribution >= 4 is 11.6 Å². The van der Waals surface area contributed by atoms with Gasteiger partial charge in [0.25, 0.3) is 5.91 Å². The first-order valence-corrected chi connectivity index (χ1v) is 10.8. The van der Waals surface area contributed by atoms with Crippen LogP contribution < -0.4 is 5.32 Å². The van der Waals surface area contributed by atoms with Crippen LogP contribution in [0.3, 0.4) is 0 Å². The van der Waals surface area contributed by atoms with Crippen LogP contribution in [-0.2, 0) is 6.42 Å². The maximum atomic E-state index is 13.1. The van der Waals surface area contributed by atoms with E-state index in [-0.39, 0.29) is 5.91 Å². The zero-order chi connectivity index (χ0) is 22.3. The summed E-state index contributed by atoms with van der Waals surface area (Å²) in [6.07, 6.45) is 0.768. The largest absolute Gasteiger partial charge is 0.322 e.